The third kappa shape index (κ3) is 5.43. The maximum atomic E-state index is 11.7. The van der Waals surface area contributed by atoms with Crippen molar-refractivity contribution in [3.05, 3.63) is 35.9 Å². The molecule has 0 saturated carbocycles. The van der Waals surface area contributed by atoms with E-state index in [-0.39, 0.29) is 11.8 Å². The van der Waals surface area contributed by atoms with Crippen LogP contribution in [-0.2, 0) is 11.3 Å². The molecular formula is C18H29N3O. The van der Waals surface area contributed by atoms with Gasteiger partial charge in [-0.15, -0.1) is 0 Å². The van der Waals surface area contributed by atoms with Crippen LogP contribution in [-0.4, -0.2) is 55.0 Å². The minimum absolute atomic E-state index is 0.128. The number of carbonyl (C=O) groups excluding carboxylic acids is 1. The standard InChI is InChI=1S/C18H29N3O/c1-3-16(2)18(22)19-9-10-20-11-13-21(14-12-20)15-17-7-5-4-6-8-17/h4-8,16H,3,9-15H2,1-2H3,(H,19,22). The highest BCUT2D eigenvalue weighted by Gasteiger charge is 2.17. The number of hydrogen-bond donors (Lipinski definition) is 1. The number of nitrogens with one attached hydrogen (secondary N) is 1. The van der Waals surface area contributed by atoms with Crippen molar-refractivity contribution in [3.8, 4) is 0 Å². The predicted octanol–water partition coefficient (Wildman–Crippen LogP) is 1.97. The normalized spacial score (nSPS) is 18.1. The number of nitrogens with zero attached hydrogens (tertiary/aromatic N) is 2. The van der Waals surface area contributed by atoms with E-state index in [9.17, 15) is 4.79 Å². The molecule has 1 N–H and O–H groups in total. The van der Waals surface area contributed by atoms with E-state index >= 15 is 0 Å². The second kappa shape index (κ2) is 8.91. The Kier molecular flexibility index (Phi) is 6.87. The molecule has 1 saturated heterocycles. The van der Waals surface area contributed by atoms with E-state index in [0.717, 1.165) is 52.2 Å². The van der Waals surface area contributed by atoms with Crippen LogP contribution in [0.4, 0.5) is 0 Å². The van der Waals surface area contributed by atoms with E-state index in [4.69, 9.17) is 0 Å². The summed E-state index contributed by atoms with van der Waals surface area (Å²) < 4.78 is 0. The van der Waals surface area contributed by atoms with Gasteiger partial charge < -0.3 is 5.32 Å². The molecule has 1 amide bonds. The highest BCUT2D eigenvalue weighted by molar-refractivity contribution is 5.78. The van der Waals surface area contributed by atoms with Gasteiger partial charge >= 0.3 is 0 Å². The number of benzene rings is 1. The number of hydrogen-bond acceptors (Lipinski definition) is 3. The minimum Gasteiger partial charge on any atom is -0.355 e. The van der Waals surface area contributed by atoms with Crippen molar-refractivity contribution in [2.45, 2.75) is 26.8 Å². The second-order valence-corrected chi connectivity index (χ2v) is 6.20. The summed E-state index contributed by atoms with van der Waals surface area (Å²) in [6.45, 7) is 11.2. The molecule has 0 bridgehead atoms. The Hall–Kier alpha value is -1.39. The molecule has 1 aliphatic heterocycles. The highest BCUT2D eigenvalue weighted by atomic mass is 16.1. The topological polar surface area (TPSA) is 35.6 Å². The minimum atomic E-state index is 0.128. The van der Waals surface area contributed by atoms with Crippen LogP contribution >= 0.6 is 0 Å². The first kappa shape index (κ1) is 17.0. The van der Waals surface area contributed by atoms with Crippen LogP contribution in [0.5, 0.6) is 0 Å². The summed E-state index contributed by atoms with van der Waals surface area (Å²) in [5.74, 6) is 0.313. The lowest BCUT2D eigenvalue weighted by Crippen LogP contribution is -2.48. The molecule has 1 heterocycles. The number of rotatable bonds is 7. The van der Waals surface area contributed by atoms with Gasteiger partial charge in [0.2, 0.25) is 5.91 Å². The number of amides is 1. The molecule has 4 nitrogen and oxygen atoms in total. The summed E-state index contributed by atoms with van der Waals surface area (Å²) >= 11 is 0. The summed E-state index contributed by atoms with van der Waals surface area (Å²) in [6, 6.07) is 10.7. The maximum absolute atomic E-state index is 11.7. The van der Waals surface area contributed by atoms with Crippen LogP contribution in [0.15, 0.2) is 30.3 Å². The molecule has 0 aromatic heterocycles. The van der Waals surface area contributed by atoms with Crippen LogP contribution in [0.3, 0.4) is 0 Å². The van der Waals surface area contributed by atoms with E-state index < -0.39 is 0 Å². The molecule has 22 heavy (non-hydrogen) atoms. The monoisotopic (exact) mass is 303 g/mol. The van der Waals surface area contributed by atoms with Gasteiger partial charge in [0.1, 0.15) is 0 Å². The van der Waals surface area contributed by atoms with Gasteiger partial charge in [-0.3, -0.25) is 14.6 Å². The van der Waals surface area contributed by atoms with Gasteiger partial charge in [-0.2, -0.15) is 0 Å². The van der Waals surface area contributed by atoms with E-state index in [2.05, 4.69) is 52.4 Å². The fraction of sp³-hybridized carbons (Fsp3) is 0.611. The van der Waals surface area contributed by atoms with Crippen molar-refractivity contribution in [1.82, 2.24) is 15.1 Å². The molecular weight excluding hydrogens is 274 g/mol. The summed E-state index contributed by atoms with van der Waals surface area (Å²) in [7, 11) is 0. The number of piperazine rings is 1. The van der Waals surface area contributed by atoms with Crippen LogP contribution in [0.25, 0.3) is 0 Å². The molecule has 1 fully saturated rings. The summed E-state index contributed by atoms with van der Waals surface area (Å²) in [4.78, 5) is 16.7. The highest BCUT2D eigenvalue weighted by Crippen LogP contribution is 2.08. The zero-order valence-corrected chi connectivity index (χ0v) is 13.9. The molecule has 0 radical (unpaired) electrons. The van der Waals surface area contributed by atoms with Gasteiger partial charge in [0, 0.05) is 51.7 Å². The van der Waals surface area contributed by atoms with Gasteiger partial charge in [0.05, 0.1) is 0 Å². The quantitative estimate of drug-likeness (QED) is 0.836. The Bertz CT molecular complexity index is 441. The van der Waals surface area contributed by atoms with Crippen LogP contribution in [0.1, 0.15) is 25.8 Å². The largest absolute Gasteiger partial charge is 0.355 e. The molecule has 1 aliphatic rings. The first-order valence-corrected chi connectivity index (χ1v) is 8.45. The van der Waals surface area contributed by atoms with Crippen LogP contribution in [0.2, 0.25) is 0 Å². The fourth-order valence-corrected chi connectivity index (χ4v) is 2.71. The Morgan fingerprint density at radius 2 is 1.77 bits per heavy atom. The Morgan fingerprint density at radius 3 is 2.41 bits per heavy atom. The first-order valence-electron chi connectivity index (χ1n) is 8.45. The average molecular weight is 303 g/mol. The van der Waals surface area contributed by atoms with Gasteiger partial charge in [-0.1, -0.05) is 44.2 Å². The van der Waals surface area contributed by atoms with E-state index in [1.54, 1.807) is 0 Å². The number of carbonyl (C=O) groups is 1. The van der Waals surface area contributed by atoms with E-state index in [0.29, 0.717) is 0 Å². The molecule has 0 aliphatic carbocycles. The molecule has 1 aromatic rings. The zero-order chi connectivity index (χ0) is 15.8. The summed E-state index contributed by atoms with van der Waals surface area (Å²) in [6.07, 6.45) is 0.907. The maximum Gasteiger partial charge on any atom is 0.222 e. The van der Waals surface area contributed by atoms with Gasteiger partial charge in [-0.05, 0) is 12.0 Å². The smallest absolute Gasteiger partial charge is 0.222 e. The third-order valence-electron chi connectivity index (χ3n) is 4.50. The van der Waals surface area contributed by atoms with Crippen molar-refractivity contribution in [3.63, 3.8) is 0 Å². The first-order chi connectivity index (χ1) is 10.7. The summed E-state index contributed by atoms with van der Waals surface area (Å²) in [5.41, 5.74) is 1.39. The molecule has 4 heteroatoms. The van der Waals surface area contributed by atoms with Crippen LogP contribution in [0, 0.1) is 5.92 Å². The van der Waals surface area contributed by atoms with E-state index in [1.165, 1.54) is 5.56 Å². The molecule has 122 valence electrons. The molecule has 1 aromatic carbocycles. The lowest BCUT2D eigenvalue weighted by Gasteiger charge is -2.34. The van der Waals surface area contributed by atoms with Crippen molar-refractivity contribution >= 4 is 5.91 Å². The van der Waals surface area contributed by atoms with Gasteiger partial charge in [-0.25, -0.2) is 0 Å². The Balaban J connectivity index is 1.62. The second-order valence-electron chi connectivity index (χ2n) is 6.20. The Morgan fingerprint density at radius 1 is 1.14 bits per heavy atom. The predicted molar refractivity (Wildman–Crippen MR) is 90.6 cm³/mol. The molecule has 1 unspecified atom stereocenters. The van der Waals surface area contributed by atoms with Crippen molar-refractivity contribution < 1.29 is 4.79 Å². The average Bonchev–Trinajstić information content (AvgIpc) is 2.56. The third-order valence-corrected chi connectivity index (χ3v) is 4.50. The molecule has 1 atom stereocenters. The molecule has 0 spiro atoms. The lowest BCUT2D eigenvalue weighted by atomic mass is 10.1. The zero-order valence-electron chi connectivity index (χ0n) is 13.9. The fourth-order valence-electron chi connectivity index (χ4n) is 2.71. The van der Waals surface area contributed by atoms with Crippen LogP contribution < -0.4 is 5.32 Å². The molecule has 2 rings (SSSR count). The SMILES string of the molecule is CCC(C)C(=O)NCCN1CCN(Cc2ccccc2)CC1. The van der Waals surface area contributed by atoms with Crippen molar-refractivity contribution in [2.75, 3.05) is 39.3 Å². The van der Waals surface area contributed by atoms with Crippen molar-refractivity contribution in [1.29, 1.82) is 0 Å². The van der Waals surface area contributed by atoms with Gasteiger partial charge in [0.25, 0.3) is 0 Å². The lowest BCUT2D eigenvalue weighted by molar-refractivity contribution is -0.124. The van der Waals surface area contributed by atoms with Gasteiger partial charge in [0.15, 0.2) is 0 Å². The summed E-state index contributed by atoms with van der Waals surface area (Å²) in [5, 5.41) is 3.04. The van der Waals surface area contributed by atoms with Crippen molar-refractivity contribution in [2.24, 2.45) is 5.92 Å². The van der Waals surface area contributed by atoms with E-state index in [1.807, 2.05) is 6.92 Å². The Labute approximate surface area is 134 Å².